The summed E-state index contributed by atoms with van der Waals surface area (Å²) in [6.07, 6.45) is 1.92. The number of aliphatic carboxylic acids is 2. The molecule has 1 amide bonds. The highest BCUT2D eigenvalue weighted by Crippen LogP contribution is 2.23. The Balaban J connectivity index is 0.000000604. The van der Waals surface area contributed by atoms with Crippen LogP contribution >= 0.6 is 0 Å². The van der Waals surface area contributed by atoms with Gasteiger partial charge >= 0.3 is 11.9 Å². The fraction of sp³-hybridized carbons (Fsp3) is 0.423. The van der Waals surface area contributed by atoms with E-state index in [9.17, 15) is 4.79 Å². The zero-order valence-corrected chi connectivity index (χ0v) is 19.9. The standard InChI is InChI=1S/C24H32N2O2.C2H2O4/c1-3-26(4-2)24(27)22-13-15-25(16-14-22)18-21-11-8-12-23(17-21)28-19-20-9-6-5-7-10-20;3-1(4)2(5)6/h5-12,17,22H,3-4,13-16,18-19H2,1-2H3;(H,3,4)(H,5,6). The average Bonchev–Trinajstić information content (AvgIpc) is 2.85. The van der Waals surface area contributed by atoms with E-state index in [1.807, 2.05) is 29.2 Å². The molecule has 34 heavy (non-hydrogen) atoms. The number of amides is 1. The molecule has 0 unspecified atom stereocenters. The number of carboxylic acids is 2. The summed E-state index contributed by atoms with van der Waals surface area (Å²) in [7, 11) is 0. The number of carbonyl (C=O) groups excluding carboxylic acids is 1. The van der Waals surface area contributed by atoms with Crippen molar-refractivity contribution in [3.8, 4) is 5.75 Å². The summed E-state index contributed by atoms with van der Waals surface area (Å²) in [5.74, 6) is -2.21. The second-order valence-electron chi connectivity index (χ2n) is 8.09. The maximum absolute atomic E-state index is 12.5. The van der Waals surface area contributed by atoms with Crippen molar-refractivity contribution in [3.63, 3.8) is 0 Å². The molecule has 0 spiro atoms. The first kappa shape index (κ1) is 26.9. The maximum Gasteiger partial charge on any atom is 0.414 e. The molecule has 0 aromatic heterocycles. The van der Waals surface area contributed by atoms with E-state index in [1.54, 1.807) is 0 Å². The van der Waals surface area contributed by atoms with E-state index in [-0.39, 0.29) is 5.92 Å². The summed E-state index contributed by atoms with van der Waals surface area (Å²) >= 11 is 0. The van der Waals surface area contributed by atoms with Crippen molar-refractivity contribution in [2.75, 3.05) is 26.2 Å². The first-order chi connectivity index (χ1) is 16.3. The van der Waals surface area contributed by atoms with Gasteiger partial charge in [-0.2, -0.15) is 0 Å². The van der Waals surface area contributed by atoms with Crippen molar-refractivity contribution in [1.82, 2.24) is 9.80 Å². The predicted octanol–water partition coefficient (Wildman–Crippen LogP) is 3.50. The number of nitrogens with zero attached hydrogens (tertiary/aromatic N) is 2. The van der Waals surface area contributed by atoms with Gasteiger partial charge in [-0.05, 0) is 63.0 Å². The zero-order chi connectivity index (χ0) is 24.9. The molecule has 0 atom stereocenters. The Bertz CT molecular complexity index is 910. The van der Waals surface area contributed by atoms with Gasteiger partial charge in [0.1, 0.15) is 12.4 Å². The molecular formula is C26H34N2O6. The Labute approximate surface area is 200 Å². The first-order valence-electron chi connectivity index (χ1n) is 11.6. The van der Waals surface area contributed by atoms with Crippen molar-refractivity contribution >= 4 is 17.8 Å². The quantitative estimate of drug-likeness (QED) is 0.569. The Hall–Kier alpha value is -3.39. The SMILES string of the molecule is CCN(CC)C(=O)C1CCN(Cc2cccc(OCc3ccccc3)c2)CC1.O=C(O)C(=O)O. The molecule has 2 N–H and O–H groups in total. The third kappa shape index (κ3) is 8.86. The molecule has 2 aromatic carbocycles. The third-order valence-corrected chi connectivity index (χ3v) is 5.75. The number of carbonyl (C=O) groups is 3. The largest absolute Gasteiger partial charge is 0.489 e. The molecule has 1 aliphatic rings. The van der Waals surface area contributed by atoms with Crippen LogP contribution in [0.15, 0.2) is 54.6 Å². The van der Waals surface area contributed by atoms with Gasteiger partial charge in [0.15, 0.2) is 0 Å². The van der Waals surface area contributed by atoms with E-state index in [0.29, 0.717) is 12.5 Å². The molecule has 184 valence electrons. The molecule has 1 heterocycles. The molecule has 1 fully saturated rings. The lowest BCUT2D eigenvalue weighted by atomic mass is 9.95. The average molecular weight is 471 g/mol. The second kappa shape index (κ2) is 14.0. The van der Waals surface area contributed by atoms with Crippen molar-refractivity contribution in [2.24, 2.45) is 5.92 Å². The molecule has 1 aliphatic heterocycles. The van der Waals surface area contributed by atoms with Crippen LogP contribution in [0.2, 0.25) is 0 Å². The van der Waals surface area contributed by atoms with Crippen LogP contribution in [-0.2, 0) is 27.5 Å². The number of hydrogen-bond donors (Lipinski definition) is 2. The smallest absolute Gasteiger partial charge is 0.414 e. The monoisotopic (exact) mass is 470 g/mol. The highest BCUT2D eigenvalue weighted by Gasteiger charge is 2.27. The summed E-state index contributed by atoms with van der Waals surface area (Å²) in [5, 5.41) is 14.8. The molecule has 1 saturated heterocycles. The number of carboxylic acid groups (broad SMARTS) is 2. The van der Waals surface area contributed by atoms with Crippen LogP contribution < -0.4 is 4.74 Å². The third-order valence-electron chi connectivity index (χ3n) is 5.75. The van der Waals surface area contributed by atoms with Crippen LogP contribution in [0.25, 0.3) is 0 Å². The number of benzene rings is 2. The predicted molar refractivity (Wildman–Crippen MR) is 128 cm³/mol. The fourth-order valence-electron chi connectivity index (χ4n) is 3.86. The van der Waals surface area contributed by atoms with Gasteiger partial charge in [-0.25, -0.2) is 9.59 Å². The number of likely N-dealkylation sites (tertiary alicyclic amines) is 1. The topological polar surface area (TPSA) is 107 Å². The Morgan fingerprint density at radius 2 is 1.50 bits per heavy atom. The van der Waals surface area contributed by atoms with Crippen LogP contribution in [-0.4, -0.2) is 64.0 Å². The lowest BCUT2D eigenvalue weighted by molar-refractivity contribution is -0.159. The van der Waals surface area contributed by atoms with E-state index in [1.165, 1.54) is 11.1 Å². The van der Waals surface area contributed by atoms with Gasteiger partial charge in [0.25, 0.3) is 0 Å². The van der Waals surface area contributed by atoms with E-state index < -0.39 is 11.9 Å². The Morgan fingerprint density at radius 1 is 0.912 bits per heavy atom. The summed E-state index contributed by atoms with van der Waals surface area (Å²) in [4.78, 5) is 35.2. The summed E-state index contributed by atoms with van der Waals surface area (Å²) in [6, 6.07) is 18.6. The Morgan fingerprint density at radius 3 is 2.06 bits per heavy atom. The van der Waals surface area contributed by atoms with Gasteiger partial charge in [-0.15, -0.1) is 0 Å². The summed E-state index contributed by atoms with van der Waals surface area (Å²) in [5.41, 5.74) is 2.44. The second-order valence-corrected chi connectivity index (χ2v) is 8.09. The van der Waals surface area contributed by atoms with Crippen LogP contribution in [0, 0.1) is 5.92 Å². The zero-order valence-electron chi connectivity index (χ0n) is 19.9. The number of piperidine rings is 1. The van der Waals surface area contributed by atoms with Gasteiger partial charge in [0.05, 0.1) is 0 Å². The van der Waals surface area contributed by atoms with Crippen LogP contribution in [0.4, 0.5) is 0 Å². The normalized spacial score (nSPS) is 13.9. The van der Waals surface area contributed by atoms with Gasteiger partial charge < -0.3 is 19.8 Å². The summed E-state index contributed by atoms with van der Waals surface area (Å²) < 4.78 is 5.95. The molecule has 3 rings (SSSR count). The molecular weight excluding hydrogens is 436 g/mol. The van der Waals surface area contributed by atoms with E-state index >= 15 is 0 Å². The molecule has 0 bridgehead atoms. The van der Waals surface area contributed by atoms with Crippen molar-refractivity contribution < 1.29 is 29.3 Å². The number of rotatable bonds is 8. The van der Waals surface area contributed by atoms with Crippen molar-refractivity contribution in [1.29, 1.82) is 0 Å². The van der Waals surface area contributed by atoms with Crippen LogP contribution in [0.1, 0.15) is 37.8 Å². The van der Waals surface area contributed by atoms with Crippen molar-refractivity contribution in [3.05, 3.63) is 65.7 Å². The highest BCUT2D eigenvalue weighted by atomic mass is 16.5. The van der Waals surface area contributed by atoms with E-state index in [4.69, 9.17) is 24.5 Å². The van der Waals surface area contributed by atoms with Gasteiger partial charge in [0.2, 0.25) is 5.91 Å². The van der Waals surface area contributed by atoms with Gasteiger partial charge in [0, 0.05) is 25.6 Å². The minimum Gasteiger partial charge on any atom is -0.489 e. The minimum atomic E-state index is -1.82. The number of ether oxygens (including phenoxy) is 1. The summed E-state index contributed by atoms with van der Waals surface area (Å²) in [6.45, 7) is 9.20. The minimum absolute atomic E-state index is 0.191. The van der Waals surface area contributed by atoms with E-state index in [2.05, 4.69) is 49.1 Å². The lowest BCUT2D eigenvalue weighted by Crippen LogP contribution is -2.42. The molecule has 0 saturated carbocycles. The maximum atomic E-state index is 12.5. The molecule has 8 nitrogen and oxygen atoms in total. The molecule has 0 aliphatic carbocycles. The van der Waals surface area contributed by atoms with Gasteiger partial charge in [-0.3, -0.25) is 9.69 Å². The van der Waals surface area contributed by atoms with Crippen molar-refractivity contribution in [2.45, 2.75) is 39.8 Å². The lowest BCUT2D eigenvalue weighted by Gasteiger charge is -2.33. The highest BCUT2D eigenvalue weighted by molar-refractivity contribution is 6.27. The molecule has 2 aromatic rings. The Kier molecular flexibility index (Phi) is 11.1. The first-order valence-corrected chi connectivity index (χ1v) is 11.6. The van der Waals surface area contributed by atoms with Crippen LogP contribution in [0.5, 0.6) is 5.75 Å². The number of hydrogen-bond acceptors (Lipinski definition) is 5. The van der Waals surface area contributed by atoms with Gasteiger partial charge in [-0.1, -0.05) is 42.5 Å². The molecule has 0 radical (unpaired) electrons. The van der Waals surface area contributed by atoms with E-state index in [0.717, 1.165) is 51.3 Å². The molecule has 8 heteroatoms. The van der Waals surface area contributed by atoms with Crippen LogP contribution in [0.3, 0.4) is 0 Å². The fourth-order valence-corrected chi connectivity index (χ4v) is 3.86.